The van der Waals surface area contributed by atoms with Gasteiger partial charge in [-0.2, -0.15) is 10.2 Å². The van der Waals surface area contributed by atoms with Gasteiger partial charge in [0.05, 0.1) is 24.6 Å². The molecule has 1 fully saturated rings. The number of morpholine rings is 1. The maximum atomic E-state index is 12.4. The summed E-state index contributed by atoms with van der Waals surface area (Å²) < 4.78 is 7.18. The average Bonchev–Trinajstić information content (AvgIpc) is 3.18. The number of carbonyl (C=O) groups excluding carboxylic acids is 1. The molecule has 0 bridgehead atoms. The summed E-state index contributed by atoms with van der Waals surface area (Å²) in [7, 11) is 1.90. The van der Waals surface area contributed by atoms with E-state index in [1.54, 1.807) is 6.07 Å². The molecule has 8 nitrogen and oxygen atoms in total. The summed E-state index contributed by atoms with van der Waals surface area (Å²) in [6, 6.07) is 2.06. The topological polar surface area (TPSA) is 88.1 Å². The highest BCUT2D eigenvalue weighted by Gasteiger charge is 2.20. The van der Waals surface area contributed by atoms with Gasteiger partial charge in [-0.3, -0.25) is 19.5 Å². The van der Waals surface area contributed by atoms with Crippen LogP contribution in [0.2, 0.25) is 0 Å². The summed E-state index contributed by atoms with van der Waals surface area (Å²) in [6.45, 7) is 9.98. The van der Waals surface area contributed by atoms with Gasteiger partial charge >= 0.3 is 0 Å². The molecule has 0 aromatic carbocycles. The van der Waals surface area contributed by atoms with Crippen LogP contribution in [0.15, 0.2) is 6.07 Å². The Hall–Kier alpha value is -2.19. The van der Waals surface area contributed by atoms with Gasteiger partial charge in [-0.1, -0.05) is 0 Å². The zero-order chi connectivity index (χ0) is 18.0. The Balaban J connectivity index is 1.62. The Morgan fingerprint density at radius 3 is 2.76 bits per heavy atom. The molecular formula is C17H26N6O2. The Kier molecular flexibility index (Phi) is 5.19. The second-order valence-electron chi connectivity index (χ2n) is 6.54. The molecule has 2 aromatic heterocycles. The summed E-state index contributed by atoms with van der Waals surface area (Å²) in [5.74, 6) is -0.141. The maximum Gasteiger partial charge on any atom is 0.269 e. The first-order chi connectivity index (χ1) is 12.0. The van der Waals surface area contributed by atoms with E-state index >= 15 is 0 Å². The van der Waals surface area contributed by atoms with E-state index < -0.39 is 0 Å². The lowest BCUT2D eigenvalue weighted by atomic mass is 10.1. The zero-order valence-electron chi connectivity index (χ0n) is 15.3. The molecule has 1 aliphatic heterocycles. The first-order valence-corrected chi connectivity index (χ1v) is 8.63. The molecule has 0 spiro atoms. The van der Waals surface area contributed by atoms with Crippen molar-refractivity contribution in [2.24, 2.45) is 7.05 Å². The maximum absolute atomic E-state index is 12.4. The minimum Gasteiger partial charge on any atom is -0.379 e. The molecule has 3 rings (SSSR count). The van der Waals surface area contributed by atoms with Crippen LogP contribution >= 0.6 is 0 Å². The van der Waals surface area contributed by atoms with Crippen LogP contribution in [-0.4, -0.2) is 69.7 Å². The predicted molar refractivity (Wildman–Crippen MR) is 94.5 cm³/mol. The molecule has 3 heterocycles. The molecule has 2 N–H and O–H groups in total. The molecule has 1 unspecified atom stereocenters. The van der Waals surface area contributed by atoms with Crippen LogP contribution in [0.25, 0.3) is 11.3 Å². The fourth-order valence-corrected chi connectivity index (χ4v) is 3.19. The van der Waals surface area contributed by atoms with Crippen molar-refractivity contribution in [3.8, 4) is 11.3 Å². The van der Waals surface area contributed by atoms with Gasteiger partial charge in [-0.05, 0) is 26.8 Å². The largest absolute Gasteiger partial charge is 0.379 e. The number of rotatable bonds is 5. The number of nitrogens with one attached hydrogen (secondary N) is 2. The highest BCUT2D eigenvalue weighted by Crippen LogP contribution is 2.25. The number of nitrogens with zero attached hydrogens (tertiary/aromatic N) is 4. The smallest absolute Gasteiger partial charge is 0.269 e. The number of hydrogen-bond acceptors (Lipinski definition) is 5. The summed E-state index contributed by atoms with van der Waals surface area (Å²) >= 11 is 0. The van der Waals surface area contributed by atoms with Crippen LogP contribution in [0.1, 0.15) is 28.8 Å². The first-order valence-electron chi connectivity index (χ1n) is 8.63. The van der Waals surface area contributed by atoms with Crippen LogP contribution < -0.4 is 5.32 Å². The van der Waals surface area contributed by atoms with E-state index in [9.17, 15) is 4.79 Å². The van der Waals surface area contributed by atoms with Crippen molar-refractivity contribution in [2.75, 3.05) is 32.8 Å². The van der Waals surface area contributed by atoms with Crippen LogP contribution in [-0.2, 0) is 11.8 Å². The van der Waals surface area contributed by atoms with Crippen LogP contribution in [0.4, 0.5) is 0 Å². The lowest BCUT2D eigenvalue weighted by Gasteiger charge is -2.32. The number of H-pyrrole nitrogens is 1. The molecule has 1 aliphatic rings. The van der Waals surface area contributed by atoms with E-state index in [-0.39, 0.29) is 11.9 Å². The fourth-order valence-electron chi connectivity index (χ4n) is 3.19. The highest BCUT2D eigenvalue weighted by molar-refractivity contribution is 5.93. The fraction of sp³-hybridized carbons (Fsp3) is 0.588. The van der Waals surface area contributed by atoms with Crippen molar-refractivity contribution in [2.45, 2.75) is 26.8 Å². The van der Waals surface area contributed by atoms with Gasteiger partial charge in [0.1, 0.15) is 5.69 Å². The Morgan fingerprint density at radius 2 is 2.12 bits per heavy atom. The minimum absolute atomic E-state index is 0.141. The SMILES string of the molecule is Cc1nn(C)c(C)c1-c1cc(C(=O)NCC(C)N2CCOCC2)[nH]n1. The van der Waals surface area contributed by atoms with Gasteiger partial charge in [0.15, 0.2) is 0 Å². The Morgan fingerprint density at radius 1 is 1.40 bits per heavy atom. The van der Waals surface area contributed by atoms with E-state index in [4.69, 9.17) is 4.74 Å². The number of amides is 1. The molecule has 1 saturated heterocycles. The van der Waals surface area contributed by atoms with Gasteiger partial charge in [-0.25, -0.2) is 0 Å². The minimum atomic E-state index is -0.141. The van der Waals surface area contributed by atoms with E-state index in [0.29, 0.717) is 12.2 Å². The summed E-state index contributed by atoms with van der Waals surface area (Å²) in [6.07, 6.45) is 0. The Labute approximate surface area is 147 Å². The van der Waals surface area contributed by atoms with Crippen molar-refractivity contribution in [3.63, 3.8) is 0 Å². The number of hydrogen-bond donors (Lipinski definition) is 2. The lowest BCUT2D eigenvalue weighted by Crippen LogP contribution is -2.47. The number of carbonyl (C=O) groups is 1. The van der Waals surface area contributed by atoms with Crippen molar-refractivity contribution < 1.29 is 9.53 Å². The van der Waals surface area contributed by atoms with Crippen molar-refractivity contribution in [1.29, 1.82) is 0 Å². The summed E-state index contributed by atoms with van der Waals surface area (Å²) in [4.78, 5) is 14.7. The molecule has 1 atom stereocenters. The predicted octanol–water partition coefficient (Wildman–Crippen LogP) is 0.878. The lowest BCUT2D eigenvalue weighted by molar-refractivity contribution is 0.0204. The van der Waals surface area contributed by atoms with Crippen LogP contribution in [0.5, 0.6) is 0 Å². The van der Waals surface area contributed by atoms with E-state index in [0.717, 1.165) is 48.9 Å². The summed E-state index contributed by atoms with van der Waals surface area (Å²) in [5.41, 5.74) is 4.11. The third-order valence-corrected chi connectivity index (χ3v) is 4.81. The van der Waals surface area contributed by atoms with Gasteiger partial charge in [0, 0.05) is 44.0 Å². The van der Waals surface area contributed by atoms with Crippen LogP contribution in [0.3, 0.4) is 0 Å². The summed E-state index contributed by atoms with van der Waals surface area (Å²) in [5, 5.41) is 14.5. The van der Waals surface area contributed by atoms with Gasteiger partial charge < -0.3 is 10.1 Å². The molecule has 0 radical (unpaired) electrons. The molecule has 25 heavy (non-hydrogen) atoms. The van der Waals surface area contributed by atoms with Gasteiger partial charge in [0.2, 0.25) is 0 Å². The molecule has 136 valence electrons. The standard InChI is InChI=1S/C17H26N6O2/c1-11(23-5-7-25-8-6-23)10-18-17(24)15-9-14(19-20-15)16-12(2)21-22(4)13(16)3/h9,11H,5-8,10H2,1-4H3,(H,18,24)(H,19,20). The molecular weight excluding hydrogens is 320 g/mol. The monoisotopic (exact) mass is 346 g/mol. The van der Waals surface area contributed by atoms with E-state index in [1.165, 1.54) is 0 Å². The third-order valence-electron chi connectivity index (χ3n) is 4.81. The van der Waals surface area contributed by atoms with Crippen molar-refractivity contribution in [1.82, 2.24) is 30.2 Å². The number of aromatic nitrogens is 4. The number of aromatic amines is 1. The highest BCUT2D eigenvalue weighted by atomic mass is 16.5. The molecule has 8 heteroatoms. The second-order valence-corrected chi connectivity index (χ2v) is 6.54. The van der Waals surface area contributed by atoms with E-state index in [1.807, 2.05) is 25.6 Å². The number of ether oxygens (including phenoxy) is 1. The van der Waals surface area contributed by atoms with Gasteiger partial charge in [-0.15, -0.1) is 0 Å². The molecule has 0 saturated carbocycles. The second kappa shape index (κ2) is 7.37. The molecule has 1 amide bonds. The first kappa shape index (κ1) is 17.6. The molecule has 0 aliphatic carbocycles. The average molecular weight is 346 g/mol. The quantitative estimate of drug-likeness (QED) is 0.839. The van der Waals surface area contributed by atoms with Gasteiger partial charge in [0.25, 0.3) is 5.91 Å². The van der Waals surface area contributed by atoms with Crippen molar-refractivity contribution >= 4 is 5.91 Å². The normalized spacial score (nSPS) is 16.8. The Bertz CT molecular complexity index is 744. The number of aryl methyl sites for hydroxylation is 2. The molecule has 2 aromatic rings. The van der Waals surface area contributed by atoms with Crippen molar-refractivity contribution in [3.05, 3.63) is 23.1 Å². The third kappa shape index (κ3) is 3.74. The van der Waals surface area contributed by atoms with Crippen LogP contribution in [0, 0.1) is 13.8 Å². The van der Waals surface area contributed by atoms with E-state index in [2.05, 4.69) is 32.4 Å². The zero-order valence-corrected chi connectivity index (χ0v) is 15.3.